The van der Waals surface area contributed by atoms with Gasteiger partial charge in [0.25, 0.3) is 5.56 Å². The number of H-pyrrole nitrogens is 1. The van der Waals surface area contributed by atoms with Crippen LogP contribution in [0.3, 0.4) is 0 Å². The minimum absolute atomic E-state index is 0.0471. The van der Waals surface area contributed by atoms with E-state index in [0.717, 1.165) is 11.3 Å². The molecule has 1 aromatic heterocycles. The van der Waals surface area contributed by atoms with Crippen LogP contribution in [0, 0.1) is 0 Å². The van der Waals surface area contributed by atoms with Gasteiger partial charge in [0, 0.05) is 38.3 Å². The highest BCUT2D eigenvalue weighted by Crippen LogP contribution is 2.24. The second-order valence-corrected chi connectivity index (χ2v) is 8.13. The van der Waals surface area contributed by atoms with Crippen molar-refractivity contribution in [2.24, 2.45) is 0 Å². The molecule has 1 saturated heterocycles. The van der Waals surface area contributed by atoms with Gasteiger partial charge in [-0.1, -0.05) is 12.1 Å². The number of fused-ring (bicyclic) bond motifs is 1. The molecule has 4 rings (SSSR count). The summed E-state index contributed by atoms with van der Waals surface area (Å²) in [4.78, 5) is 24.5. The van der Waals surface area contributed by atoms with Crippen LogP contribution in [-0.4, -0.2) is 53.1 Å². The number of rotatable bonds is 4. The van der Waals surface area contributed by atoms with Gasteiger partial charge in [-0.15, -0.1) is 13.2 Å². The Kier molecular flexibility index (Phi) is 5.94. The molecular formula is C21H25F3N4O3. The van der Waals surface area contributed by atoms with Crippen LogP contribution in [0.25, 0.3) is 0 Å². The summed E-state index contributed by atoms with van der Waals surface area (Å²) in [6, 6.07) is 5.85. The Morgan fingerprint density at radius 3 is 2.52 bits per heavy atom. The van der Waals surface area contributed by atoms with E-state index >= 15 is 0 Å². The Bertz CT molecular complexity index is 967. The van der Waals surface area contributed by atoms with Crippen molar-refractivity contribution in [2.75, 3.05) is 24.5 Å². The lowest BCUT2D eigenvalue weighted by atomic mass is 10.1. The lowest BCUT2D eigenvalue weighted by Gasteiger charge is -2.36. The van der Waals surface area contributed by atoms with E-state index in [1.807, 2.05) is 18.7 Å². The summed E-state index contributed by atoms with van der Waals surface area (Å²) in [5.41, 5.74) is 2.19. The maximum Gasteiger partial charge on any atom is 0.573 e. The molecule has 0 saturated carbocycles. The fourth-order valence-electron chi connectivity index (χ4n) is 4.17. The summed E-state index contributed by atoms with van der Waals surface area (Å²) in [6.07, 6.45) is -4.04. The van der Waals surface area contributed by atoms with Crippen molar-refractivity contribution in [3.8, 4) is 5.75 Å². The van der Waals surface area contributed by atoms with E-state index in [4.69, 9.17) is 9.72 Å². The average molecular weight is 438 g/mol. The molecule has 2 aliphatic rings. The number of aromatic nitrogens is 2. The van der Waals surface area contributed by atoms with Gasteiger partial charge in [-0.3, -0.25) is 14.7 Å². The van der Waals surface area contributed by atoms with E-state index in [0.29, 0.717) is 50.7 Å². The summed E-state index contributed by atoms with van der Waals surface area (Å²) in [7, 11) is 0. The van der Waals surface area contributed by atoms with E-state index < -0.39 is 6.36 Å². The number of nitrogens with zero attached hydrogens (tertiary/aromatic N) is 3. The van der Waals surface area contributed by atoms with Crippen molar-refractivity contribution in [3.63, 3.8) is 0 Å². The van der Waals surface area contributed by atoms with E-state index in [2.05, 4.69) is 14.6 Å². The highest BCUT2D eigenvalue weighted by atomic mass is 19.4. The van der Waals surface area contributed by atoms with Gasteiger partial charge in [0.2, 0.25) is 5.95 Å². The quantitative estimate of drug-likeness (QED) is 0.792. The molecule has 1 aromatic carbocycles. The van der Waals surface area contributed by atoms with Gasteiger partial charge >= 0.3 is 6.36 Å². The monoisotopic (exact) mass is 438 g/mol. The molecule has 1 N–H and O–H groups in total. The average Bonchev–Trinajstić information content (AvgIpc) is 2.67. The van der Waals surface area contributed by atoms with Crippen LogP contribution in [0.4, 0.5) is 19.1 Å². The topological polar surface area (TPSA) is 70.7 Å². The number of halogens is 3. The zero-order valence-corrected chi connectivity index (χ0v) is 17.4. The third-order valence-corrected chi connectivity index (χ3v) is 5.42. The molecule has 1 fully saturated rings. The Balaban J connectivity index is 1.46. The third kappa shape index (κ3) is 5.37. The first-order chi connectivity index (χ1) is 14.7. The fraction of sp³-hybridized carbons (Fsp3) is 0.524. The summed E-state index contributed by atoms with van der Waals surface area (Å²) in [5, 5.41) is 0. The highest BCUT2D eigenvalue weighted by molar-refractivity contribution is 5.35. The Labute approximate surface area is 177 Å². The van der Waals surface area contributed by atoms with E-state index in [-0.39, 0.29) is 23.5 Å². The molecule has 3 heterocycles. The van der Waals surface area contributed by atoms with E-state index in [1.54, 1.807) is 12.1 Å². The molecule has 31 heavy (non-hydrogen) atoms. The SMILES string of the molecule is C[C@@H]1CN(c2nc3c(c(=O)[nH]2)CCN(Cc2ccc(OC(F)(F)F)cc2)C3)C[C@@H](C)O1. The number of hydrogen-bond acceptors (Lipinski definition) is 6. The minimum Gasteiger partial charge on any atom is -0.406 e. The van der Waals surface area contributed by atoms with Crippen molar-refractivity contribution in [3.05, 3.63) is 51.4 Å². The van der Waals surface area contributed by atoms with Gasteiger partial charge < -0.3 is 14.4 Å². The molecule has 2 aliphatic heterocycles. The Morgan fingerprint density at radius 2 is 1.87 bits per heavy atom. The second-order valence-electron chi connectivity index (χ2n) is 8.13. The third-order valence-electron chi connectivity index (χ3n) is 5.42. The van der Waals surface area contributed by atoms with Gasteiger partial charge in [-0.25, -0.2) is 4.98 Å². The number of benzene rings is 1. The minimum atomic E-state index is -4.70. The summed E-state index contributed by atoms with van der Waals surface area (Å²) < 4.78 is 46.6. The van der Waals surface area contributed by atoms with Crippen molar-refractivity contribution in [2.45, 2.75) is 51.9 Å². The molecule has 0 amide bonds. The molecule has 0 unspecified atom stereocenters. The van der Waals surface area contributed by atoms with Crippen LogP contribution in [-0.2, 0) is 24.2 Å². The summed E-state index contributed by atoms with van der Waals surface area (Å²) in [6.45, 7) is 7.01. The summed E-state index contributed by atoms with van der Waals surface area (Å²) >= 11 is 0. The molecule has 168 valence electrons. The van der Waals surface area contributed by atoms with Gasteiger partial charge in [0.1, 0.15) is 5.75 Å². The van der Waals surface area contributed by atoms with Crippen LogP contribution in [0.2, 0.25) is 0 Å². The maximum absolute atomic E-state index is 12.6. The van der Waals surface area contributed by atoms with Crippen molar-refractivity contribution < 1.29 is 22.6 Å². The largest absolute Gasteiger partial charge is 0.573 e. The van der Waals surface area contributed by atoms with Crippen LogP contribution in [0.15, 0.2) is 29.1 Å². The molecule has 10 heteroatoms. The van der Waals surface area contributed by atoms with Gasteiger partial charge in [-0.05, 0) is 38.0 Å². The standard InChI is InChI=1S/C21H25F3N4O3/c1-13-9-28(10-14(2)30-13)20-25-18-12-27(8-7-17(18)19(29)26-20)11-15-3-5-16(6-4-15)31-21(22,23)24/h3-6,13-14H,7-12H2,1-2H3,(H,25,26,29)/t13-,14-/m1/s1. The number of aromatic amines is 1. The van der Waals surface area contributed by atoms with Crippen LogP contribution >= 0.6 is 0 Å². The first-order valence-electron chi connectivity index (χ1n) is 10.3. The number of alkyl halides is 3. The van der Waals surface area contributed by atoms with Crippen LogP contribution in [0.5, 0.6) is 5.75 Å². The number of hydrogen-bond donors (Lipinski definition) is 1. The van der Waals surface area contributed by atoms with Gasteiger partial charge in [0.15, 0.2) is 0 Å². The lowest BCUT2D eigenvalue weighted by molar-refractivity contribution is -0.274. The zero-order chi connectivity index (χ0) is 22.2. The number of ether oxygens (including phenoxy) is 2. The van der Waals surface area contributed by atoms with Crippen LogP contribution < -0.4 is 15.2 Å². The van der Waals surface area contributed by atoms with Crippen molar-refractivity contribution >= 4 is 5.95 Å². The van der Waals surface area contributed by atoms with E-state index in [9.17, 15) is 18.0 Å². The summed E-state index contributed by atoms with van der Waals surface area (Å²) in [5.74, 6) is 0.313. The number of morpholine rings is 1. The van der Waals surface area contributed by atoms with Crippen LogP contribution in [0.1, 0.15) is 30.7 Å². The predicted molar refractivity (Wildman–Crippen MR) is 108 cm³/mol. The molecule has 2 atom stereocenters. The predicted octanol–water partition coefficient (Wildman–Crippen LogP) is 2.84. The molecule has 7 nitrogen and oxygen atoms in total. The molecule has 0 radical (unpaired) electrons. The first-order valence-corrected chi connectivity index (χ1v) is 10.3. The highest BCUT2D eigenvalue weighted by Gasteiger charge is 2.31. The maximum atomic E-state index is 12.6. The number of nitrogens with one attached hydrogen (secondary N) is 1. The first kappa shape index (κ1) is 21.6. The fourth-order valence-corrected chi connectivity index (χ4v) is 4.17. The molecule has 2 aromatic rings. The Hall–Kier alpha value is -2.59. The van der Waals surface area contributed by atoms with Gasteiger partial charge in [-0.2, -0.15) is 0 Å². The van der Waals surface area contributed by atoms with Crippen molar-refractivity contribution in [1.82, 2.24) is 14.9 Å². The number of anilines is 1. The molecule has 0 bridgehead atoms. The molecule has 0 aliphatic carbocycles. The normalized spacial score (nSPS) is 22.3. The Morgan fingerprint density at radius 1 is 1.19 bits per heavy atom. The van der Waals surface area contributed by atoms with E-state index in [1.165, 1.54) is 12.1 Å². The smallest absolute Gasteiger partial charge is 0.406 e. The lowest BCUT2D eigenvalue weighted by Crippen LogP contribution is -2.47. The molecular weight excluding hydrogens is 413 g/mol. The van der Waals surface area contributed by atoms with Gasteiger partial charge in [0.05, 0.1) is 17.9 Å². The zero-order valence-electron chi connectivity index (χ0n) is 17.4. The second kappa shape index (κ2) is 8.51. The molecule has 0 spiro atoms. The van der Waals surface area contributed by atoms with Crippen molar-refractivity contribution in [1.29, 1.82) is 0 Å².